The van der Waals surface area contributed by atoms with Crippen LogP contribution in [0.3, 0.4) is 0 Å². The molecule has 0 aromatic carbocycles. The summed E-state index contributed by atoms with van der Waals surface area (Å²) < 4.78 is 7.40. The zero-order valence-corrected chi connectivity index (χ0v) is 13.3. The zero-order chi connectivity index (χ0) is 15.9. The van der Waals surface area contributed by atoms with Gasteiger partial charge in [-0.3, -0.25) is 0 Å². The molecule has 22 heavy (non-hydrogen) atoms. The van der Waals surface area contributed by atoms with Crippen molar-refractivity contribution in [2.75, 3.05) is 10.2 Å². The monoisotopic (exact) mass is 417 g/mol. The molecule has 0 amide bonds. The summed E-state index contributed by atoms with van der Waals surface area (Å²) in [7, 11) is 0. The summed E-state index contributed by atoms with van der Waals surface area (Å²) >= 11 is 1.93. The quantitative estimate of drug-likeness (QED) is 0.220. The molecule has 1 aliphatic heterocycles. The molecule has 3 heterocycles. The highest BCUT2D eigenvalue weighted by Crippen LogP contribution is 2.41. The van der Waals surface area contributed by atoms with Crippen molar-refractivity contribution in [3.05, 3.63) is 29.0 Å². The van der Waals surface area contributed by atoms with Gasteiger partial charge in [0.05, 0.1) is 5.39 Å². The first-order chi connectivity index (χ1) is 10.5. The second-order valence-electron chi connectivity index (χ2n) is 4.83. The molecule has 1 aliphatic rings. The van der Waals surface area contributed by atoms with Crippen molar-refractivity contribution < 1.29 is 14.9 Å². The number of anilines is 1. The van der Waals surface area contributed by atoms with Crippen molar-refractivity contribution in [3.63, 3.8) is 0 Å². The Labute approximate surface area is 137 Å². The van der Waals surface area contributed by atoms with E-state index in [-0.39, 0.29) is 4.43 Å². The lowest BCUT2D eigenvalue weighted by Gasteiger charge is -2.23. The van der Waals surface area contributed by atoms with E-state index in [0.717, 1.165) is 0 Å². The molecule has 0 saturated carbocycles. The van der Waals surface area contributed by atoms with Crippen molar-refractivity contribution >= 4 is 39.4 Å². The molecule has 1 saturated heterocycles. The van der Waals surface area contributed by atoms with Gasteiger partial charge < -0.3 is 25.3 Å². The Morgan fingerprint density at radius 2 is 2.32 bits per heavy atom. The average Bonchev–Trinajstić information content (AvgIpc) is 3.04. The molecule has 0 radical (unpaired) electrons. The lowest BCUT2D eigenvalue weighted by atomic mass is 10.1. The summed E-state index contributed by atoms with van der Waals surface area (Å²) in [6.45, 7) is 0. The Morgan fingerprint density at radius 1 is 1.55 bits per heavy atom. The Hall–Kier alpha value is -1.66. The topological polar surface area (TPSA) is 155 Å². The number of halogens is 1. The van der Waals surface area contributed by atoms with Crippen molar-refractivity contribution in [1.82, 2.24) is 14.5 Å². The number of fused-ring (bicyclic) bond motifs is 1. The minimum Gasteiger partial charge on any atom is -0.387 e. The van der Waals surface area contributed by atoms with Gasteiger partial charge >= 0.3 is 0 Å². The smallest absolute Gasteiger partial charge is 0.186 e. The van der Waals surface area contributed by atoms with Crippen molar-refractivity contribution in [1.29, 1.82) is 0 Å². The summed E-state index contributed by atoms with van der Waals surface area (Å²) in [5.41, 5.74) is 13.4. The molecule has 116 valence electrons. The van der Waals surface area contributed by atoms with Crippen LogP contribution in [0.25, 0.3) is 21.5 Å². The molecule has 2 aromatic rings. The molecular formula is C11H12IN7O3. The average molecular weight is 417 g/mol. The number of aliphatic hydroxyl groups is 2. The number of hydrogen-bond donors (Lipinski definition) is 3. The first kappa shape index (κ1) is 15.2. The standard InChI is InChI=1S/C11H12IN7O3/c12-3-11(17-18-14)7(21)6(20)10(22-11)19-2-1-5-8(13)15-4-16-9(5)19/h1-2,4,6-7,10,20-21H,3H2,(H2,13,15,16)/t6-,7+,10-,11-/m1/s1. The van der Waals surface area contributed by atoms with Gasteiger partial charge in [-0.1, -0.05) is 27.7 Å². The molecule has 3 rings (SSSR count). The van der Waals surface area contributed by atoms with Crippen LogP contribution in [0.4, 0.5) is 5.82 Å². The summed E-state index contributed by atoms with van der Waals surface area (Å²) in [6.07, 6.45) is -0.684. The molecule has 0 bridgehead atoms. The third-order valence-electron chi connectivity index (χ3n) is 3.62. The first-order valence-corrected chi connectivity index (χ1v) is 7.80. The maximum Gasteiger partial charge on any atom is 0.186 e. The van der Waals surface area contributed by atoms with E-state index in [9.17, 15) is 10.2 Å². The fourth-order valence-corrected chi connectivity index (χ4v) is 3.27. The molecule has 0 aliphatic carbocycles. The number of azide groups is 1. The van der Waals surface area contributed by atoms with Crippen LogP contribution in [-0.2, 0) is 4.74 Å². The van der Waals surface area contributed by atoms with Crippen molar-refractivity contribution in [3.8, 4) is 0 Å². The minimum atomic E-state index is -1.53. The normalized spacial score (nSPS) is 31.3. The summed E-state index contributed by atoms with van der Waals surface area (Å²) in [6, 6.07) is 1.69. The van der Waals surface area contributed by atoms with Gasteiger partial charge in [0.1, 0.15) is 30.0 Å². The Bertz CT molecular complexity index is 761. The maximum absolute atomic E-state index is 10.3. The van der Waals surface area contributed by atoms with Gasteiger partial charge in [-0.05, 0) is 11.6 Å². The fraction of sp³-hybridized carbons (Fsp3) is 0.455. The largest absolute Gasteiger partial charge is 0.387 e. The van der Waals surface area contributed by atoms with Gasteiger partial charge in [0, 0.05) is 15.5 Å². The van der Waals surface area contributed by atoms with E-state index < -0.39 is 24.2 Å². The van der Waals surface area contributed by atoms with Crippen molar-refractivity contribution in [2.24, 2.45) is 5.11 Å². The van der Waals surface area contributed by atoms with E-state index in [4.69, 9.17) is 16.0 Å². The molecule has 11 heteroatoms. The highest BCUT2D eigenvalue weighted by molar-refractivity contribution is 14.1. The van der Waals surface area contributed by atoms with E-state index in [0.29, 0.717) is 16.9 Å². The zero-order valence-electron chi connectivity index (χ0n) is 11.1. The number of hydrogen-bond acceptors (Lipinski definition) is 7. The SMILES string of the molecule is [N-]=[N+]=N[C@]1(CI)O[C@@H](n2ccc3c(N)ncnc32)[C@H](O)[C@@H]1O. The number of nitrogens with two attached hydrogens (primary N) is 1. The molecule has 10 nitrogen and oxygen atoms in total. The van der Waals surface area contributed by atoms with Gasteiger partial charge in [0.2, 0.25) is 0 Å². The first-order valence-electron chi connectivity index (χ1n) is 6.27. The number of alkyl halides is 1. The number of aliphatic hydroxyl groups excluding tert-OH is 2. The maximum atomic E-state index is 10.3. The van der Waals surface area contributed by atoms with Crippen LogP contribution in [-0.4, -0.2) is 47.1 Å². The van der Waals surface area contributed by atoms with Gasteiger partial charge in [0.15, 0.2) is 12.0 Å². The third kappa shape index (κ3) is 2.09. The van der Waals surface area contributed by atoms with E-state index in [1.165, 1.54) is 10.9 Å². The summed E-state index contributed by atoms with van der Waals surface area (Å²) in [5, 5.41) is 24.6. The van der Waals surface area contributed by atoms with Gasteiger partial charge in [-0.25, -0.2) is 9.97 Å². The molecule has 4 atom stereocenters. The molecule has 0 unspecified atom stereocenters. The number of nitrogens with zero attached hydrogens (tertiary/aromatic N) is 6. The van der Waals surface area contributed by atoms with E-state index in [2.05, 4.69) is 20.0 Å². The lowest BCUT2D eigenvalue weighted by molar-refractivity contribution is -0.0822. The summed E-state index contributed by atoms with van der Waals surface area (Å²) in [4.78, 5) is 10.7. The minimum absolute atomic E-state index is 0.180. The van der Waals surface area contributed by atoms with Crippen LogP contribution < -0.4 is 5.73 Å². The van der Waals surface area contributed by atoms with Crippen molar-refractivity contribution in [2.45, 2.75) is 24.2 Å². The van der Waals surface area contributed by atoms with Crippen LogP contribution in [0.1, 0.15) is 6.23 Å². The molecular weight excluding hydrogens is 405 g/mol. The predicted octanol–water partition coefficient (Wildman–Crippen LogP) is 0.706. The van der Waals surface area contributed by atoms with E-state index >= 15 is 0 Å². The molecule has 1 fully saturated rings. The Balaban J connectivity index is 2.08. The van der Waals surface area contributed by atoms with Gasteiger partial charge in [-0.2, -0.15) is 0 Å². The second-order valence-corrected chi connectivity index (χ2v) is 5.59. The highest BCUT2D eigenvalue weighted by Gasteiger charge is 2.54. The molecule has 0 spiro atoms. The van der Waals surface area contributed by atoms with Crippen LogP contribution in [0.15, 0.2) is 23.7 Å². The third-order valence-corrected chi connectivity index (χ3v) is 4.72. The fourth-order valence-electron chi connectivity index (χ4n) is 2.48. The van der Waals surface area contributed by atoms with Crippen LogP contribution in [0.5, 0.6) is 0 Å². The number of rotatable bonds is 3. The van der Waals surface area contributed by atoms with Crippen LogP contribution >= 0.6 is 22.6 Å². The highest BCUT2D eigenvalue weighted by atomic mass is 127. The second kappa shape index (κ2) is 5.52. The predicted molar refractivity (Wildman–Crippen MR) is 84.8 cm³/mol. The number of nitrogen functional groups attached to an aromatic ring is 1. The summed E-state index contributed by atoms with van der Waals surface area (Å²) in [5.74, 6) is 0.298. The van der Waals surface area contributed by atoms with Gasteiger partial charge in [-0.15, -0.1) is 0 Å². The van der Waals surface area contributed by atoms with E-state index in [1.807, 2.05) is 22.6 Å². The van der Waals surface area contributed by atoms with Crippen LogP contribution in [0, 0.1) is 0 Å². The van der Waals surface area contributed by atoms with Crippen LogP contribution in [0.2, 0.25) is 0 Å². The van der Waals surface area contributed by atoms with Gasteiger partial charge in [0.25, 0.3) is 0 Å². The molecule has 4 N–H and O–H groups in total. The van der Waals surface area contributed by atoms with E-state index in [1.54, 1.807) is 12.3 Å². The number of aromatic nitrogens is 3. The number of ether oxygens (including phenoxy) is 1. The Kier molecular flexibility index (Phi) is 3.82. The molecule has 2 aromatic heterocycles. The lowest BCUT2D eigenvalue weighted by Crippen LogP contribution is -2.42. The Morgan fingerprint density at radius 3 is 3.00 bits per heavy atom.